The van der Waals surface area contributed by atoms with Crippen molar-refractivity contribution in [3.05, 3.63) is 70.1 Å². The van der Waals surface area contributed by atoms with E-state index in [4.69, 9.17) is 14.2 Å². The summed E-state index contributed by atoms with van der Waals surface area (Å²) in [6.45, 7) is 1.87. The Morgan fingerprint density at radius 2 is 1.74 bits per heavy atom. The minimum atomic E-state index is -0.237. The third-order valence-corrected chi connectivity index (χ3v) is 6.07. The molecule has 0 aliphatic rings. The molecule has 1 N–H and O–H groups in total. The molecule has 9 heteroatoms. The van der Waals surface area contributed by atoms with Crippen molar-refractivity contribution in [2.75, 3.05) is 26.6 Å². The van der Waals surface area contributed by atoms with Crippen LogP contribution in [0.3, 0.4) is 0 Å². The lowest BCUT2D eigenvalue weighted by molar-refractivity contribution is -0.116. The van der Waals surface area contributed by atoms with Crippen LogP contribution in [0, 0.1) is 6.92 Å². The maximum atomic E-state index is 13.3. The molecule has 9 nitrogen and oxygen atoms in total. The van der Waals surface area contributed by atoms with Crippen molar-refractivity contribution in [2.45, 2.75) is 19.8 Å². The van der Waals surface area contributed by atoms with Gasteiger partial charge in [-0.2, -0.15) is 9.61 Å². The van der Waals surface area contributed by atoms with Crippen LogP contribution < -0.4 is 25.1 Å². The van der Waals surface area contributed by atoms with E-state index in [1.807, 2.05) is 48.9 Å². The van der Waals surface area contributed by atoms with Gasteiger partial charge in [0.25, 0.3) is 5.56 Å². The fourth-order valence-corrected chi connectivity index (χ4v) is 3.98. The first kappa shape index (κ1) is 23.9. The average Bonchev–Trinajstić information content (AvgIpc) is 3.33. The Bertz CT molecular complexity index is 1450. The number of carbonyl (C=O) groups excluding carboxylic acids is 1. The van der Waals surface area contributed by atoms with Crippen LogP contribution in [-0.2, 0) is 18.3 Å². The lowest BCUT2D eigenvalue weighted by Crippen LogP contribution is -2.26. The molecule has 4 aromatic rings. The summed E-state index contributed by atoms with van der Waals surface area (Å²) in [5, 5.41) is 7.40. The monoisotopic (exact) mass is 476 g/mol. The molecule has 0 unspecified atom stereocenters. The summed E-state index contributed by atoms with van der Waals surface area (Å²) >= 11 is 0. The van der Waals surface area contributed by atoms with E-state index < -0.39 is 0 Å². The highest BCUT2D eigenvalue weighted by atomic mass is 16.5. The van der Waals surface area contributed by atoms with Gasteiger partial charge in [-0.1, -0.05) is 12.1 Å². The van der Waals surface area contributed by atoms with Gasteiger partial charge in [-0.3, -0.25) is 9.59 Å². The van der Waals surface area contributed by atoms with Crippen LogP contribution in [0.1, 0.15) is 17.7 Å². The molecule has 0 saturated carbocycles. The number of anilines is 1. The lowest BCUT2D eigenvalue weighted by atomic mass is 10.1. The van der Waals surface area contributed by atoms with Crippen molar-refractivity contribution in [3.8, 4) is 28.5 Å². The van der Waals surface area contributed by atoms with Gasteiger partial charge in [0.15, 0.2) is 0 Å². The maximum absolute atomic E-state index is 13.3. The lowest BCUT2D eigenvalue weighted by Gasteiger charge is -2.13. The van der Waals surface area contributed by atoms with E-state index in [1.165, 1.54) is 11.6 Å². The molecule has 0 saturated heterocycles. The first-order valence-corrected chi connectivity index (χ1v) is 11.1. The largest absolute Gasteiger partial charge is 0.497 e. The number of aryl methyl sites for hydroxylation is 1. The molecule has 2 aromatic carbocycles. The highest BCUT2D eigenvalue weighted by Crippen LogP contribution is 2.29. The smallest absolute Gasteiger partial charge is 0.277 e. The molecule has 0 atom stereocenters. The summed E-state index contributed by atoms with van der Waals surface area (Å²) in [5.41, 5.74) is 3.80. The van der Waals surface area contributed by atoms with E-state index in [0.717, 1.165) is 11.3 Å². The molecular weight excluding hydrogens is 448 g/mol. The number of hydrogen-bond acceptors (Lipinski definition) is 6. The van der Waals surface area contributed by atoms with Gasteiger partial charge in [-0.05, 0) is 37.6 Å². The van der Waals surface area contributed by atoms with Crippen molar-refractivity contribution >= 4 is 17.2 Å². The first-order chi connectivity index (χ1) is 16.9. The van der Waals surface area contributed by atoms with Gasteiger partial charge in [0.05, 0.1) is 32.7 Å². The molecule has 2 aromatic heterocycles. The molecule has 182 valence electrons. The zero-order valence-electron chi connectivity index (χ0n) is 20.4. The molecule has 0 bridgehead atoms. The van der Waals surface area contributed by atoms with Crippen LogP contribution >= 0.6 is 0 Å². The minimum Gasteiger partial charge on any atom is -0.497 e. The summed E-state index contributed by atoms with van der Waals surface area (Å²) in [4.78, 5) is 26.0. The van der Waals surface area contributed by atoms with E-state index in [0.29, 0.717) is 39.8 Å². The molecule has 0 aliphatic heterocycles. The van der Waals surface area contributed by atoms with Crippen molar-refractivity contribution in [1.82, 2.24) is 14.2 Å². The van der Waals surface area contributed by atoms with E-state index in [-0.39, 0.29) is 24.3 Å². The second-order valence-electron chi connectivity index (χ2n) is 8.07. The number of aromatic nitrogens is 3. The molecule has 0 radical (unpaired) electrons. The molecule has 2 heterocycles. The summed E-state index contributed by atoms with van der Waals surface area (Å²) in [6, 6.07) is 14.5. The molecule has 1 amide bonds. The highest BCUT2D eigenvalue weighted by molar-refractivity contribution is 5.92. The summed E-state index contributed by atoms with van der Waals surface area (Å²) in [5.74, 6) is 1.60. The number of fused-ring (bicyclic) bond motifs is 1. The number of methoxy groups -OCH3 is 3. The normalized spacial score (nSPS) is 10.9. The predicted molar refractivity (Wildman–Crippen MR) is 134 cm³/mol. The summed E-state index contributed by atoms with van der Waals surface area (Å²) < 4.78 is 19.1. The van der Waals surface area contributed by atoms with Crippen molar-refractivity contribution in [2.24, 2.45) is 7.05 Å². The number of rotatable bonds is 8. The Morgan fingerprint density at radius 3 is 2.46 bits per heavy atom. The molecule has 0 aliphatic carbocycles. The Hall–Kier alpha value is -4.27. The van der Waals surface area contributed by atoms with E-state index in [9.17, 15) is 9.59 Å². The van der Waals surface area contributed by atoms with Crippen LogP contribution in [0.2, 0.25) is 0 Å². The second-order valence-corrected chi connectivity index (χ2v) is 8.07. The molecular formula is C26H28N4O5. The van der Waals surface area contributed by atoms with E-state index in [2.05, 4.69) is 10.4 Å². The number of hydrogen-bond donors (Lipinski definition) is 1. The van der Waals surface area contributed by atoms with Crippen molar-refractivity contribution in [3.63, 3.8) is 0 Å². The maximum Gasteiger partial charge on any atom is 0.277 e. The number of benzene rings is 2. The summed E-state index contributed by atoms with van der Waals surface area (Å²) in [6.07, 6.45) is 0.397. The number of carbonyl (C=O) groups is 1. The Kier molecular flexibility index (Phi) is 6.77. The Balaban J connectivity index is 1.59. The quantitative estimate of drug-likeness (QED) is 0.417. The molecule has 35 heavy (non-hydrogen) atoms. The number of ether oxygens (including phenoxy) is 3. The third-order valence-electron chi connectivity index (χ3n) is 6.07. The van der Waals surface area contributed by atoms with Crippen LogP contribution in [0.25, 0.3) is 16.9 Å². The zero-order chi connectivity index (χ0) is 25.1. The van der Waals surface area contributed by atoms with Crippen LogP contribution in [0.15, 0.2) is 53.3 Å². The average molecular weight is 477 g/mol. The second kappa shape index (κ2) is 9.92. The fourth-order valence-electron chi connectivity index (χ4n) is 3.98. The van der Waals surface area contributed by atoms with Crippen molar-refractivity contribution in [1.29, 1.82) is 0 Å². The van der Waals surface area contributed by atoms with Crippen LogP contribution in [0.4, 0.5) is 5.69 Å². The van der Waals surface area contributed by atoms with Gasteiger partial charge >= 0.3 is 0 Å². The molecule has 0 spiro atoms. The van der Waals surface area contributed by atoms with E-state index in [1.54, 1.807) is 32.4 Å². The van der Waals surface area contributed by atoms with Crippen LogP contribution in [0.5, 0.6) is 17.2 Å². The number of nitrogens with one attached hydrogen (secondary N) is 1. The van der Waals surface area contributed by atoms with Gasteiger partial charge in [0.2, 0.25) is 5.91 Å². The Morgan fingerprint density at radius 1 is 1.00 bits per heavy atom. The van der Waals surface area contributed by atoms with Crippen LogP contribution in [-0.4, -0.2) is 41.4 Å². The first-order valence-electron chi connectivity index (χ1n) is 11.1. The van der Waals surface area contributed by atoms with Gasteiger partial charge in [0, 0.05) is 42.4 Å². The fraction of sp³-hybridized carbons (Fsp3) is 0.269. The zero-order valence-corrected chi connectivity index (χ0v) is 20.4. The predicted octanol–water partition coefficient (Wildman–Crippen LogP) is 3.61. The molecule has 0 fully saturated rings. The third kappa shape index (κ3) is 4.70. The summed E-state index contributed by atoms with van der Waals surface area (Å²) in [7, 11) is 6.57. The standard InChI is InChI=1S/C26H28N4O5/c1-16-20(10-12-24(31)27-21-11-9-19(34-4)14-23(21)35-5)26(32)30-25(29(16)2)15-22(28-30)17-7-6-8-18(13-17)33-3/h6-9,11,13-15H,10,12H2,1-5H3,(H,27,31). The highest BCUT2D eigenvalue weighted by Gasteiger charge is 2.17. The topological polar surface area (TPSA) is 96.1 Å². The van der Waals surface area contributed by atoms with Gasteiger partial charge in [-0.25, -0.2) is 0 Å². The van der Waals surface area contributed by atoms with Gasteiger partial charge in [0.1, 0.15) is 22.9 Å². The molecule has 4 rings (SSSR count). The number of amides is 1. The Labute approximate surface area is 202 Å². The van der Waals surface area contributed by atoms with Gasteiger partial charge < -0.3 is 24.1 Å². The van der Waals surface area contributed by atoms with Gasteiger partial charge in [-0.15, -0.1) is 0 Å². The number of nitrogens with zero attached hydrogens (tertiary/aromatic N) is 3. The SMILES string of the molecule is COc1cccc(-c2cc3n(C)c(C)c(CCC(=O)Nc4ccc(OC)cc4OC)c(=O)n3n2)c1. The van der Waals surface area contributed by atoms with E-state index >= 15 is 0 Å². The van der Waals surface area contributed by atoms with Crippen molar-refractivity contribution < 1.29 is 19.0 Å². The minimum absolute atomic E-state index is 0.126.